The minimum atomic E-state index is -3.76. The number of sulfonamides is 1. The molecule has 0 unspecified atom stereocenters. The van der Waals surface area contributed by atoms with Gasteiger partial charge in [0.05, 0.1) is 27.9 Å². The number of thiazole rings is 1. The van der Waals surface area contributed by atoms with Gasteiger partial charge >= 0.3 is 4.87 Å². The number of ether oxygens (including phenoxy) is 1. The van der Waals surface area contributed by atoms with Crippen molar-refractivity contribution in [2.45, 2.75) is 24.8 Å². The van der Waals surface area contributed by atoms with Crippen LogP contribution in [0.1, 0.15) is 13.3 Å². The number of nitrogens with zero attached hydrogens (tertiary/aromatic N) is 1. The molecular weight excluding hydrogens is 360 g/mol. The summed E-state index contributed by atoms with van der Waals surface area (Å²) >= 11 is 1.06. The van der Waals surface area contributed by atoms with E-state index in [-0.39, 0.29) is 9.77 Å². The van der Waals surface area contributed by atoms with Gasteiger partial charge in [-0.1, -0.05) is 24.3 Å². The molecule has 1 heterocycles. The maximum Gasteiger partial charge on any atom is 0.308 e. The number of aromatic nitrogens is 1. The Hall–Kier alpha value is -2.32. The van der Waals surface area contributed by atoms with Crippen molar-refractivity contribution in [3.8, 4) is 5.75 Å². The van der Waals surface area contributed by atoms with E-state index in [0.29, 0.717) is 22.7 Å². The zero-order valence-corrected chi connectivity index (χ0v) is 15.5. The fourth-order valence-electron chi connectivity index (χ4n) is 2.55. The first-order valence-electron chi connectivity index (χ1n) is 7.75. The second-order valence-corrected chi connectivity index (χ2v) is 8.16. The first-order chi connectivity index (χ1) is 11.9. The number of fused-ring (bicyclic) bond motifs is 1. The van der Waals surface area contributed by atoms with Crippen molar-refractivity contribution in [1.29, 1.82) is 0 Å². The van der Waals surface area contributed by atoms with Crippen LogP contribution in [0, 0.1) is 0 Å². The van der Waals surface area contributed by atoms with Crippen molar-refractivity contribution >= 4 is 37.3 Å². The molecule has 6 nitrogen and oxygen atoms in total. The maximum absolute atomic E-state index is 12.6. The standard InChI is InChI=1S/C17H18N2O4S2/c1-3-9-19-15-8-7-14(11-16(15)24-17(19)20)25(21,22)18-12-5-4-6-13(10-12)23-2/h4-8,10-11,18H,3,9H2,1-2H3. The van der Waals surface area contributed by atoms with Gasteiger partial charge in [-0.05, 0) is 36.8 Å². The number of benzene rings is 2. The molecule has 0 saturated heterocycles. The highest BCUT2D eigenvalue weighted by Crippen LogP contribution is 2.25. The van der Waals surface area contributed by atoms with E-state index in [1.54, 1.807) is 34.9 Å². The first-order valence-corrected chi connectivity index (χ1v) is 10.0. The number of nitrogens with one attached hydrogen (secondary N) is 1. The van der Waals surface area contributed by atoms with Gasteiger partial charge in [0.1, 0.15) is 5.75 Å². The third-order valence-corrected chi connectivity index (χ3v) is 6.04. The lowest BCUT2D eigenvalue weighted by Crippen LogP contribution is -2.13. The number of hydrogen-bond acceptors (Lipinski definition) is 5. The normalized spacial score (nSPS) is 11.6. The van der Waals surface area contributed by atoms with Gasteiger partial charge in [0.15, 0.2) is 0 Å². The number of hydrogen-bond donors (Lipinski definition) is 1. The Kier molecular flexibility index (Phi) is 4.82. The largest absolute Gasteiger partial charge is 0.497 e. The summed E-state index contributed by atoms with van der Waals surface area (Å²) < 4.78 is 35.2. The van der Waals surface area contributed by atoms with Crippen molar-refractivity contribution in [3.63, 3.8) is 0 Å². The summed E-state index contributed by atoms with van der Waals surface area (Å²) in [7, 11) is -2.24. The molecular formula is C17H18N2O4S2. The van der Waals surface area contributed by atoms with Crippen LogP contribution in [0.5, 0.6) is 5.75 Å². The Labute approximate surface area is 149 Å². The van der Waals surface area contributed by atoms with Gasteiger partial charge < -0.3 is 4.74 Å². The van der Waals surface area contributed by atoms with Gasteiger partial charge in [-0.25, -0.2) is 8.42 Å². The van der Waals surface area contributed by atoms with Crippen LogP contribution in [-0.2, 0) is 16.6 Å². The lowest BCUT2D eigenvalue weighted by atomic mass is 10.3. The highest BCUT2D eigenvalue weighted by atomic mass is 32.2. The van der Waals surface area contributed by atoms with E-state index in [1.165, 1.54) is 19.2 Å². The highest BCUT2D eigenvalue weighted by molar-refractivity contribution is 7.92. The molecule has 3 aromatic rings. The Morgan fingerprint density at radius 3 is 2.72 bits per heavy atom. The van der Waals surface area contributed by atoms with E-state index >= 15 is 0 Å². The molecule has 1 N–H and O–H groups in total. The van der Waals surface area contributed by atoms with Crippen molar-refractivity contribution in [2.75, 3.05) is 11.8 Å². The summed E-state index contributed by atoms with van der Waals surface area (Å²) in [6.07, 6.45) is 0.836. The summed E-state index contributed by atoms with van der Waals surface area (Å²) in [6, 6.07) is 11.4. The summed E-state index contributed by atoms with van der Waals surface area (Å²) in [5.41, 5.74) is 1.17. The Morgan fingerprint density at radius 1 is 1.20 bits per heavy atom. The second kappa shape index (κ2) is 6.89. The molecule has 0 fully saturated rings. The minimum Gasteiger partial charge on any atom is -0.497 e. The predicted octanol–water partition coefficient (Wildman–Crippen LogP) is 3.28. The molecule has 0 aliphatic rings. The monoisotopic (exact) mass is 378 g/mol. The van der Waals surface area contributed by atoms with Gasteiger partial charge in [-0.3, -0.25) is 14.1 Å². The molecule has 1 aromatic heterocycles. The van der Waals surface area contributed by atoms with Crippen molar-refractivity contribution in [3.05, 3.63) is 52.1 Å². The van der Waals surface area contributed by atoms with Crippen LogP contribution < -0.4 is 14.3 Å². The Morgan fingerprint density at radius 2 is 2.00 bits per heavy atom. The smallest absolute Gasteiger partial charge is 0.308 e. The third-order valence-electron chi connectivity index (χ3n) is 3.72. The molecule has 2 aromatic carbocycles. The SMILES string of the molecule is CCCn1c(=O)sc2cc(S(=O)(=O)Nc3cccc(OC)c3)ccc21. The molecule has 0 atom stereocenters. The number of rotatable bonds is 6. The van der Waals surface area contributed by atoms with Crippen LogP contribution in [-0.4, -0.2) is 20.1 Å². The summed E-state index contributed by atoms with van der Waals surface area (Å²) in [4.78, 5) is 12.1. The fraction of sp³-hybridized carbons (Fsp3) is 0.235. The first kappa shape index (κ1) is 17.5. The summed E-state index contributed by atoms with van der Waals surface area (Å²) in [5.74, 6) is 0.561. The molecule has 25 heavy (non-hydrogen) atoms. The Balaban J connectivity index is 1.98. The van der Waals surface area contributed by atoms with E-state index < -0.39 is 10.0 Å². The molecule has 0 aliphatic heterocycles. The van der Waals surface area contributed by atoms with Gasteiger partial charge in [-0.15, -0.1) is 0 Å². The molecule has 0 aliphatic carbocycles. The maximum atomic E-state index is 12.6. The molecule has 3 rings (SSSR count). The van der Waals surface area contributed by atoms with E-state index in [9.17, 15) is 13.2 Å². The zero-order chi connectivity index (χ0) is 18.0. The molecule has 0 bridgehead atoms. The van der Waals surface area contributed by atoms with E-state index in [0.717, 1.165) is 23.3 Å². The van der Waals surface area contributed by atoms with E-state index in [2.05, 4.69) is 4.72 Å². The van der Waals surface area contributed by atoms with Crippen molar-refractivity contribution < 1.29 is 13.2 Å². The lowest BCUT2D eigenvalue weighted by Gasteiger charge is -2.09. The molecule has 0 amide bonds. The van der Waals surface area contributed by atoms with E-state index in [4.69, 9.17) is 4.74 Å². The minimum absolute atomic E-state index is 0.0767. The van der Waals surface area contributed by atoms with Crippen molar-refractivity contribution in [1.82, 2.24) is 4.57 Å². The topological polar surface area (TPSA) is 77.4 Å². The second-order valence-electron chi connectivity index (χ2n) is 5.49. The number of anilines is 1. The van der Waals surface area contributed by atoms with Crippen LogP contribution in [0.2, 0.25) is 0 Å². The number of methoxy groups -OCH3 is 1. The quantitative estimate of drug-likeness (QED) is 0.714. The van der Waals surface area contributed by atoms with Crippen LogP contribution in [0.3, 0.4) is 0 Å². The molecule has 0 saturated carbocycles. The van der Waals surface area contributed by atoms with Crippen LogP contribution in [0.4, 0.5) is 5.69 Å². The fourth-order valence-corrected chi connectivity index (χ4v) is 4.66. The lowest BCUT2D eigenvalue weighted by molar-refractivity contribution is 0.415. The van der Waals surface area contributed by atoms with Gasteiger partial charge in [0.25, 0.3) is 10.0 Å². The van der Waals surface area contributed by atoms with Crippen LogP contribution in [0.25, 0.3) is 10.2 Å². The molecule has 132 valence electrons. The van der Waals surface area contributed by atoms with Gasteiger partial charge in [0.2, 0.25) is 0 Å². The predicted molar refractivity (Wildman–Crippen MR) is 100 cm³/mol. The number of aryl methyl sites for hydroxylation is 1. The third kappa shape index (κ3) is 3.54. The van der Waals surface area contributed by atoms with Crippen LogP contribution >= 0.6 is 11.3 Å². The van der Waals surface area contributed by atoms with Crippen molar-refractivity contribution in [2.24, 2.45) is 0 Å². The van der Waals surface area contributed by atoms with Crippen LogP contribution in [0.15, 0.2) is 52.2 Å². The zero-order valence-electron chi connectivity index (χ0n) is 13.9. The van der Waals surface area contributed by atoms with Gasteiger partial charge in [0, 0.05) is 12.6 Å². The summed E-state index contributed by atoms with van der Waals surface area (Å²) in [6.45, 7) is 2.61. The molecule has 0 spiro atoms. The summed E-state index contributed by atoms with van der Waals surface area (Å²) in [5, 5.41) is 0. The Bertz CT molecular complexity index is 1070. The average Bonchev–Trinajstić information content (AvgIpc) is 2.90. The van der Waals surface area contributed by atoms with Gasteiger partial charge in [-0.2, -0.15) is 0 Å². The molecule has 8 heteroatoms. The highest BCUT2D eigenvalue weighted by Gasteiger charge is 2.17. The average molecular weight is 378 g/mol. The molecule has 0 radical (unpaired) electrons. The van der Waals surface area contributed by atoms with E-state index in [1.807, 2.05) is 6.92 Å².